The molecule has 1 N–H and O–H groups in total. The Morgan fingerprint density at radius 1 is 1.38 bits per heavy atom. The van der Waals surface area contributed by atoms with E-state index < -0.39 is 0 Å². The molecule has 0 aromatic carbocycles. The first-order chi connectivity index (χ1) is 7.70. The number of nitrogens with one attached hydrogen (secondary N) is 1. The maximum atomic E-state index is 3.70. The van der Waals surface area contributed by atoms with Crippen LogP contribution < -0.4 is 5.32 Å². The van der Waals surface area contributed by atoms with Crippen molar-refractivity contribution < 1.29 is 0 Å². The number of hydrogen-bond acceptors (Lipinski definition) is 2. The number of thiophene rings is 1. The van der Waals surface area contributed by atoms with Crippen molar-refractivity contribution in [1.29, 1.82) is 0 Å². The molecule has 0 fully saturated rings. The highest BCUT2D eigenvalue weighted by Crippen LogP contribution is 2.33. The Bertz CT molecular complexity index is 321. The molecule has 2 rings (SSSR count). The monoisotopic (exact) mass is 237 g/mol. The zero-order valence-electron chi connectivity index (χ0n) is 10.7. The summed E-state index contributed by atoms with van der Waals surface area (Å²) >= 11 is 2.03. The van der Waals surface area contributed by atoms with Crippen molar-refractivity contribution in [3.63, 3.8) is 0 Å². The maximum Gasteiger partial charge on any atom is 0.0388 e. The van der Waals surface area contributed by atoms with Crippen LogP contribution in [-0.4, -0.2) is 6.04 Å². The topological polar surface area (TPSA) is 12.0 Å². The van der Waals surface area contributed by atoms with Crippen LogP contribution in [0.2, 0.25) is 0 Å². The largest absolute Gasteiger partial charge is 0.307 e. The molecule has 1 nitrogen and oxygen atoms in total. The Labute approximate surface area is 103 Å². The number of rotatable bonds is 5. The first-order valence-electron chi connectivity index (χ1n) is 6.58. The summed E-state index contributed by atoms with van der Waals surface area (Å²) in [5.74, 6) is 0. The van der Waals surface area contributed by atoms with Crippen LogP contribution in [0.3, 0.4) is 0 Å². The molecule has 0 radical (unpaired) electrons. The summed E-state index contributed by atoms with van der Waals surface area (Å²) in [4.78, 5) is 3.18. The van der Waals surface area contributed by atoms with Gasteiger partial charge in [0.05, 0.1) is 0 Å². The third-order valence-corrected chi connectivity index (χ3v) is 4.87. The summed E-state index contributed by atoms with van der Waals surface area (Å²) < 4.78 is 0. The summed E-state index contributed by atoms with van der Waals surface area (Å²) in [6, 6.07) is 3.60. The van der Waals surface area contributed by atoms with Crippen LogP contribution in [-0.2, 0) is 12.8 Å². The molecule has 1 aromatic heterocycles. The third-order valence-electron chi connectivity index (χ3n) is 3.45. The minimum Gasteiger partial charge on any atom is -0.307 e. The fourth-order valence-electron chi connectivity index (χ4n) is 2.59. The molecule has 2 unspecified atom stereocenters. The van der Waals surface area contributed by atoms with Gasteiger partial charge in [-0.15, -0.1) is 11.3 Å². The fraction of sp³-hybridized carbons (Fsp3) is 0.714. The molecule has 2 heteroatoms. The van der Waals surface area contributed by atoms with Crippen molar-refractivity contribution in [2.24, 2.45) is 0 Å². The van der Waals surface area contributed by atoms with Crippen molar-refractivity contribution in [3.05, 3.63) is 21.4 Å². The molecular formula is C14H23NS. The minimum atomic E-state index is 0.525. The van der Waals surface area contributed by atoms with E-state index in [-0.39, 0.29) is 0 Å². The molecule has 0 spiro atoms. The molecule has 0 amide bonds. The molecule has 2 atom stereocenters. The standard InChI is InChI=1S/C14H23NS/c1-4-6-10(2)15-11(3)14-9-12-7-5-8-13(12)16-14/h9-11,15H,4-8H2,1-3H3. The van der Waals surface area contributed by atoms with Gasteiger partial charge in [0, 0.05) is 21.8 Å². The molecule has 0 bridgehead atoms. The first kappa shape index (κ1) is 12.1. The Morgan fingerprint density at radius 2 is 2.19 bits per heavy atom. The first-order valence-corrected chi connectivity index (χ1v) is 7.40. The number of aryl methyl sites for hydroxylation is 2. The Hall–Kier alpha value is -0.340. The Kier molecular flexibility index (Phi) is 4.04. The molecule has 1 aliphatic rings. The van der Waals surface area contributed by atoms with E-state index in [2.05, 4.69) is 32.2 Å². The highest BCUT2D eigenvalue weighted by atomic mass is 32.1. The van der Waals surface area contributed by atoms with E-state index in [4.69, 9.17) is 0 Å². The minimum absolute atomic E-state index is 0.525. The van der Waals surface area contributed by atoms with E-state index in [0.29, 0.717) is 12.1 Å². The Morgan fingerprint density at radius 3 is 2.88 bits per heavy atom. The fourth-order valence-corrected chi connectivity index (χ4v) is 3.86. The lowest BCUT2D eigenvalue weighted by Crippen LogP contribution is -2.28. The van der Waals surface area contributed by atoms with Crippen molar-refractivity contribution >= 4 is 11.3 Å². The average molecular weight is 237 g/mol. The van der Waals surface area contributed by atoms with E-state index >= 15 is 0 Å². The van der Waals surface area contributed by atoms with E-state index in [1.165, 1.54) is 37.0 Å². The zero-order valence-corrected chi connectivity index (χ0v) is 11.5. The predicted octanol–water partition coefficient (Wildman–Crippen LogP) is 4.08. The third kappa shape index (κ3) is 2.67. The molecule has 0 aliphatic heterocycles. The van der Waals surface area contributed by atoms with E-state index in [0.717, 1.165) is 0 Å². The second-order valence-corrected chi connectivity index (χ2v) is 6.20. The van der Waals surface area contributed by atoms with Crippen molar-refractivity contribution in [2.45, 2.75) is 65.0 Å². The van der Waals surface area contributed by atoms with Crippen molar-refractivity contribution in [1.82, 2.24) is 5.32 Å². The molecule has 1 heterocycles. The van der Waals surface area contributed by atoms with Gasteiger partial charge in [-0.3, -0.25) is 0 Å². The van der Waals surface area contributed by atoms with Gasteiger partial charge in [0.15, 0.2) is 0 Å². The second kappa shape index (κ2) is 5.33. The lowest BCUT2D eigenvalue weighted by molar-refractivity contribution is 0.456. The van der Waals surface area contributed by atoms with E-state index in [1.54, 1.807) is 10.4 Å². The molecule has 0 saturated carbocycles. The predicted molar refractivity (Wildman–Crippen MR) is 72.3 cm³/mol. The molecular weight excluding hydrogens is 214 g/mol. The van der Waals surface area contributed by atoms with Gasteiger partial charge in [-0.05, 0) is 51.2 Å². The lowest BCUT2D eigenvalue weighted by Gasteiger charge is -2.18. The summed E-state index contributed by atoms with van der Waals surface area (Å²) in [5, 5.41) is 3.70. The van der Waals surface area contributed by atoms with Crippen LogP contribution in [0.25, 0.3) is 0 Å². The molecule has 1 aromatic rings. The molecule has 1 aliphatic carbocycles. The highest BCUT2D eigenvalue weighted by molar-refractivity contribution is 7.12. The number of fused-ring (bicyclic) bond motifs is 1. The van der Waals surface area contributed by atoms with Crippen LogP contribution in [0.4, 0.5) is 0 Å². The Balaban J connectivity index is 1.95. The second-order valence-electron chi connectivity index (χ2n) is 5.03. The van der Waals surface area contributed by atoms with Gasteiger partial charge >= 0.3 is 0 Å². The van der Waals surface area contributed by atoms with Crippen molar-refractivity contribution in [2.75, 3.05) is 0 Å². The smallest absolute Gasteiger partial charge is 0.0388 e. The van der Waals surface area contributed by atoms with Gasteiger partial charge < -0.3 is 5.32 Å². The maximum absolute atomic E-state index is 3.70. The van der Waals surface area contributed by atoms with Crippen LogP contribution in [0.5, 0.6) is 0 Å². The van der Waals surface area contributed by atoms with Gasteiger partial charge in [-0.2, -0.15) is 0 Å². The SMILES string of the molecule is CCCC(C)NC(C)c1cc2c(s1)CCC2. The highest BCUT2D eigenvalue weighted by Gasteiger charge is 2.18. The van der Waals surface area contributed by atoms with Gasteiger partial charge in [0.2, 0.25) is 0 Å². The van der Waals surface area contributed by atoms with Gasteiger partial charge in [-0.25, -0.2) is 0 Å². The van der Waals surface area contributed by atoms with Crippen LogP contribution in [0.15, 0.2) is 6.07 Å². The normalized spacial score (nSPS) is 18.4. The summed E-state index contributed by atoms with van der Waals surface area (Å²) in [6.45, 7) is 6.84. The quantitative estimate of drug-likeness (QED) is 0.814. The molecule has 0 saturated heterocycles. The molecule has 16 heavy (non-hydrogen) atoms. The molecule has 90 valence electrons. The summed E-state index contributed by atoms with van der Waals surface area (Å²) in [5.41, 5.74) is 1.62. The van der Waals surface area contributed by atoms with Gasteiger partial charge in [0.25, 0.3) is 0 Å². The number of hydrogen-bond donors (Lipinski definition) is 1. The lowest BCUT2D eigenvalue weighted by atomic mass is 10.1. The zero-order chi connectivity index (χ0) is 11.5. The van der Waals surface area contributed by atoms with Crippen molar-refractivity contribution in [3.8, 4) is 0 Å². The van der Waals surface area contributed by atoms with E-state index in [9.17, 15) is 0 Å². The summed E-state index contributed by atoms with van der Waals surface area (Å²) in [7, 11) is 0. The van der Waals surface area contributed by atoms with E-state index in [1.807, 2.05) is 11.3 Å². The van der Waals surface area contributed by atoms with Gasteiger partial charge in [0.1, 0.15) is 0 Å². The average Bonchev–Trinajstić information content (AvgIpc) is 2.76. The van der Waals surface area contributed by atoms with Crippen LogP contribution in [0, 0.1) is 0 Å². The van der Waals surface area contributed by atoms with Crippen LogP contribution in [0.1, 0.15) is 61.4 Å². The summed E-state index contributed by atoms with van der Waals surface area (Å²) in [6.07, 6.45) is 6.53. The van der Waals surface area contributed by atoms with Crippen LogP contribution >= 0.6 is 11.3 Å². The van der Waals surface area contributed by atoms with Gasteiger partial charge in [-0.1, -0.05) is 13.3 Å².